The van der Waals surface area contributed by atoms with E-state index in [1.807, 2.05) is 35.7 Å². The third kappa shape index (κ3) is 4.19. The first-order valence-corrected chi connectivity index (χ1v) is 10.1. The molecule has 0 radical (unpaired) electrons. The Morgan fingerprint density at radius 3 is 3.15 bits per heavy atom. The number of benzene rings is 1. The fourth-order valence-corrected chi connectivity index (χ4v) is 4.16. The minimum absolute atomic E-state index is 0.0580. The number of nitrogen functional groups attached to an aromatic ring is 1. The van der Waals surface area contributed by atoms with Gasteiger partial charge in [0.2, 0.25) is 17.6 Å². The molecule has 1 aliphatic carbocycles. The van der Waals surface area contributed by atoms with Gasteiger partial charge in [-0.2, -0.15) is 4.98 Å². The molecule has 1 amide bonds. The van der Waals surface area contributed by atoms with E-state index >= 15 is 0 Å². The normalized spacial score (nSPS) is 16.1. The minimum atomic E-state index is 0.0580. The van der Waals surface area contributed by atoms with Crippen molar-refractivity contribution >= 4 is 22.9 Å². The number of thiophene rings is 1. The summed E-state index contributed by atoms with van der Waals surface area (Å²) in [5, 5.41) is 9.14. The number of nitrogens with one attached hydrogen (secondary N) is 1. The Morgan fingerprint density at radius 1 is 1.37 bits per heavy atom. The number of aryl methyl sites for hydroxylation is 2. The lowest BCUT2D eigenvalue weighted by Gasteiger charge is -2.26. The van der Waals surface area contributed by atoms with E-state index < -0.39 is 0 Å². The van der Waals surface area contributed by atoms with Gasteiger partial charge in [-0.1, -0.05) is 17.3 Å². The number of hydrogen-bond acceptors (Lipinski definition) is 6. The molecule has 3 aromatic rings. The molecule has 27 heavy (non-hydrogen) atoms. The fourth-order valence-electron chi connectivity index (χ4n) is 3.51. The van der Waals surface area contributed by atoms with Gasteiger partial charge in [-0.25, -0.2) is 0 Å². The van der Waals surface area contributed by atoms with Crippen LogP contribution in [0.1, 0.15) is 48.7 Å². The number of carbonyl (C=O) groups excluding carboxylic acids is 1. The Labute approximate surface area is 161 Å². The number of carbonyl (C=O) groups is 1. The van der Waals surface area contributed by atoms with Gasteiger partial charge in [-0.05, 0) is 60.4 Å². The lowest BCUT2D eigenvalue weighted by atomic mass is 9.87. The van der Waals surface area contributed by atoms with Gasteiger partial charge in [0, 0.05) is 18.5 Å². The third-order valence-corrected chi connectivity index (χ3v) is 5.69. The number of hydrogen-bond donors (Lipinski definition) is 2. The maximum atomic E-state index is 12.4. The summed E-state index contributed by atoms with van der Waals surface area (Å²) in [5.41, 5.74) is 9.10. The van der Waals surface area contributed by atoms with E-state index in [4.69, 9.17) is 10.3 Å². The molecule has 1 atom stereocenters. The van der Waals surface area contributed by atoms with Crippen LogP contribution in [0.5, 0.6) is 0 Å². The number of anilines is 1. The summed E-state index contributed by atoms with van der Waals surface area (Å²) in [7, 11) is 0. The van der Waals surface area contributed by atoms with E-state index in [2.05, 4.69) is 15.5 Å². The second-order valence-electron chi connectivity index (χ2n) is 6.81. The Kier molecular flexibility index (Phi) is 5.20. The van der Waals surface area contributed by atoms with Crippen LogP contribution in [0.4, 0.5) is 5.69 Å². The molecule has 0 bridgehead atoms. The second kappa shape index (κ2) is 7.92. The van der Waals surface area contributed by atoms with Crippen LogP contribution < -0.4 is 11.1 Å². The molecule has 1 aliphatic rings. The Balaban J connectivity index is 1.28. The molecule has 1 aromatic carbocycles. The zero-order valence-corrected chi connectivity index (χ0v) is 15.8. The van der Waals surface area contributed by atoms with Gasteiger partial charge >= 0.3 is 0 Å². The van der Waals surface area contributed by atoms with Crippen molar-refractivity contribution in [3.63, 3.8) is 0 Å². The molecule has 1 unspecified atom stereocenters. The van der Waals surface area contributed by atoms with Gasteiger partial charge in [0.15, 0.2) is 0 Å². The zero-order valence-electron chi connectivity index (χ0n) is 15.0. The predicted octanol–water partition coefficient (Wildman–Crippen LogP) is 3.90. The van der Waals surface area contributed by atoms with Gasteiger partial charge in [-0.3, -0.25) is 4.79 Å². The van der Waals surface area contributed by atoms with Crippen LogP contribution in [-0.4, -0.2) is 16.0 Å². The first-order chi connectivity index (χ1) is 13.2. The molecule has 4 rings (SSSR count). The molecule has 0 spiro atoms. The fraction of sp³-hybridized carbons (Fsp3) is 0.350. The van der Waals surface area contributed by atoms with Gasteiger partial charge in [0.05, 0.1) is 10.9 Å². The predicted molar refractivity (Wildman–Crippen MR) is 105 cm³/mol. The molecular formula is C20H22N4O2S. The molecule has 2 aromatic heterocycles. The Bertz CT molecular complexity index is 920. The summed E-state index contributed by atoms with van der Waals surface area (Å²) in [6.07, 6.45) is 4.78. The number of nitrogens with two attached hydrogens (primary N) is 1. The summed E-state index contributed by atoms with van der Waals surface area (Å²) in [5.74, 6) is 1.25. The molecule has 140 valence electrons. The van der Waals surface area contributed by atoms with Crippen molar-refractivity contribution in [2.45, 2.75) is 44.6 Å². The van der Waals surface area contributed by atoms with Crippen molar-refractivity contribution in [2.75, 3.05) is 5.73 Å². The van der Waals surface area contributed by atoms with Gasteiger partial charge in [-0.15, -0.1) is 11.3 Å². The molecule has 0 saturated heterocycles. The van der Waals surface area contributed by atoms with E-state index in [9.17, 15) is 4.79 Å². The Hall–Kier alpha value is -2.67. The number of nitrogens with zero attached hydrogens (tertiary/aromatic N) is 2. The van der Waals surface area contributed by atoms with Gasteiger partial charge in [0.25, 0.3) is 0 Å². The van der Waals surface area contributed by atoms with Crippen molar-refractivity contribution in [2.24, 2.45) is 0 Å². The van der Waals surface area contributed by atoms with E-state index in [0.717, 1.165) is 29.8 Å². The van der Waals surface area contributed by atoms with Gasteiger partial charge < -0.3 is 15.6 Å². The monoisotopic (exact) mass is 382 g/mol. The average Bonchev–Trinajstić information content (AvgIpc) is 3.33. The quantitative estimate of drug-likeness (QED) is 0.631. The van der Waals surface area contributed by atoms with E-state index in [1.54, 1.807) is 11.3 Å². The van der Waals surface area contributed by atoms with Crippen molar-refractivity contribution < 1.29 is 9.32 Å². The maximum Gasteiger partial charge on any atom is 0.226 e. The number of fused-ring (bicyclic) bond motifs is 1. The van der Waals surface area contributed by atoms with Crippen molar-refractivity contribution in [1.29, 1.82) is 0 Å². The molecule has 3 N–H and O–H groups in total. The molecule has 0 saturated carbocycles. The lowest BCUT2D eigenvalue weighted by molar-refractivity contribution is -0.122. The van der Waals surface area contributed by atoms with Gasteiger partial charge in [0.1, 0.15) is 0 Å². The summed E-state index contributed by atoms with van der Waals surface area (Å²) in [4.78, 5) is 17.7. The van der Waals surface area contributed by atoms with Crippen molar-refractivity contribution in [1.82, 2.24) is 15.5 Å². The largest absolute Gasteiger partial charge is 0.399 e. The highest BCUT2D eigenvalue weighted by atomic mass is 32.1. The maximum absolute atomic E-state index is 12.4. The minimum Gasteiger partial charge on any atom is -0.399 e. The molecule has 6 nitrogen and oxygen atoms in total. The standard InChI is InChI=1S/C20H22N4O2S/c21-14-9-10-15-13(12-14)4-1-5-16(15)22-18(25)7-2-8-19-23-20(24-26-19)17-6-3-11-27-17/h3,6,9-12,16H,1-2,4-5,7-8,21H2,(H,22,25). The third-order valence-electron chi connectivity index (χ3n) is 4.82. The highest BCUT2D eigenvalue weighted by Gasteiger charge is 2.21. The first-order valence-electron chi connectivity index (χ1n) is 9.23. The zero-order chi connectivity index (χ0) is 18.6. The molecular weight excluding hydrogens is 360 g/mol. The van der Waals surface area contributed by atoms with E-state index in [0.29, 0.717) is 31.0 Å². The highest BCUT2D eigenvalue weighted by molar-refractivity contribution is 7.13. The number of rotatable bonds is 6. The summed E-state index contributed by atoms with van der Waals surface area (Å²) in [6, 6.07) is 9.97. The van der Waals surface area contributed by atoms with Crippen LogP contribution in [0.2, 0.25) is 0 Å². The second-order valence-corrected chi connectivity index (χ2v) is 7.76. The summed E-state index contributed by atoms with van der Waals surface area (Å²) in [6.45, 7) is 0. The molecule has 0 fully saturated rings. The highest BCUT2D eigenvalue weighted by Crippen LogP contribution is 2.31. The Morgan fingerprint density at radius 2 is 2.30 bits per heavy atom. The molecule has 0 aliphatic heterocycles. The van der Waals surface area contributed by atoms with Crippen LogP contribution >= 0.6 is 11.3 Å². The summed E-state index contributed by atoms with van der Waals surface area (Å²) < 4.78 is 5.28. The average molecular weight is 382 g/mol. The SMILES string of the molecule is Nc1ccc2c(c1)CCCC2NC(=O)CCCc1nc(-c2cccs2)no1. The van der Waals surface area contributed by atoms with Crippen molar-refractivity contribution in [3.8, 4) is 10.7 Å². The van der Waals surface area contributed by atoms with Crippen molar-refractivity contribution in [3.05, 3.63) is 52.7 Å². The molecule has 7 heteroatoms. The van der Waals surface area contributed by atoms with Crippen LogP contribution in [-0.2, 0) is 17.6 Å². The smallest absolute Gasteiger partial charge is 0.226 e. The molecule has 2 heterocycles. The van der Waals surface area contributed by atoms with Crippen LogP contribution in [0.25, 0.3) is 10.7 Å². The van der Waals surface area contributed by atoms with Crippen LogP contribution in [0.15, 0.2) is 40.2 Å². The number of amides is 1. The number of aromatic nitrogens is 2. The van der Waals surface area contributed by atoms with Crippen LogP contribution in [0, 0.1) is 0 Å². The van der Waals surface area contributed by atoms with Crippen LogP contribution in [0.3, 0.4) is 0 Å². The summed E-state index contributed by atoms with van der Waals surface area (Å²) >= 11 is 1.58. The van der Waals surface area contributed by atoms with E-state index in [1.165, 1.54) is 11.1 Å². The first kappa shape index (κ1) is 17.7. The topological polar surface area (TPSA) is 94.0 Å². The lowest BCUT2D eigenvalue weighted by Crippen LogP contribution is -2.30. The van der Waals surface area contributed by atoms with E-state index in [-0.39, 0.29) is 11.9 Å².